The van der Waals surface area contributed by atoms with Gasteiger partial charge < -0.3 is 16.2 Å². The topological polar surface area (TPSA) is 75.3 Å². The van der Waals surface area contributed by atoms with E-state index in [9.17, 15) is 4.79 Å². The number of hydrogen-bond donors (Lipinski definition) is 3. The van der Waals surface area contributed by atoms with E-state index in [1.807, 2.05) is 13.8 Å². The van der Waals surface area contributed by atoms with Gasteiger partial charge in [0.05, 0.1) is 0 Å². The van der Waals surface area contributed by atoms with Crippen LogP contribution in [0.25, 0.3) is 0 Å². The monoisotopic (exact) mass is 202 g/mol. The Morgan fingerprint density at radius 3 is 2.07 bits per heavy atom. The van der Waals surface area contributed by atoms with Crippen molar-refractivity contribution in [1.82, 2.24) is 5.32 Å². The van der Waals surface area contributed by atoms with Crippen LogP contribution in [0, 0.1) is 5.92 Å². The van der Waals surface area contributed by atoms with E-state index in [0.29, 0.717) is 12.3 Å². The van der Waals surface area contributed by atoms with Crippen LogP contribution in [0.15, 0.2) is 0 Å². The highest BCUT2D eigenvalue weighted by molar-refractivity contribution is 5.72. The molecule has 0 amide bonds. The summed E-state index contributed by atoms with van der Waals surface area (Å²) in [6.45, 7) is 6.39. The fourth-order valence-electron chi connectivity index (χ4n) is 1.23. The molecule has 1 saturated heterocycles. The summed E-state index contributed by atoms with van der Waals surface area (Å²) in [5.74, 6) is -0.556. The van der Waals surface area contributed by atoms with Crippen molar-refractivity contribution >= 4 is 5.97 Å². The first-order valence-electron chi connectivity index (χ1n) is 5.23. The van der Waals surface area contributed by atoms with Gasteiger partial charge in [-0.1, -0.05) is 13.8 Å². The summed E-state index contributed by atoms with van der Waals surface area (Å²) in [4.78, 5) is 10.1. The second kappa shape index (κ2) is 7.76. The smallest absolute Gasteiger partial charge is 0.320 e. The SMILES string of the molecule is C1CCNC1.CC(C)C[C@H](N)C(=O)O. The molecule has 4 heteroatoms. The van der Waals surface area contributed by atoms with Crippen LogP contribution in [0.2, 0.25) is 0 Å². The summed E-state index contributed by atoms with van der Waals surface area (Å²) in [7, 11) is 0. The van der Waals surface area contributed by atoms with Crippen LogP contribution in [-0.2, 0) is 4.79 Å². The van der Waals surface area contributed by atoms with E-state index in [1.54, 1.807) is 0 Å². The Morgan fingerprint density at radius 2 is 1.93 bits per heavy atom. The van der Waals surface area contributed by atoms with Crippen molar-refractivity contribution in [2.24, 2.45) is 11.7 Å². The average Bonchev–Trinajstić information content (AvgIpc) is 2.59. The Bertz CT molecular complexity index is 149. The number of nitrogens with two attached hydrogens (primary N) is 1. The van der Waals surface area contributed by atoms with Gasteiger partial charge in [0.25, 0.3) is 0 Å². The minimum absolute atomic E-state index is 0.357. The third-order valence-corrected chi connectivity index (χ3v) is 2.00. The molecule has 0 radical (unpaired) electrons. The minimum atomic E-state index is -0.913. The Balaban J connectivity index is 0.000000280. The number of rotatable bonds is 3. The number of carbonyl (C=O) groups is 1. The maximum atomic E-state index is 10.1. The van der Waals surface area contributed by atoms with Crippen LogP contribution in [0.5, 0.6) is 0 Å². The van der Waals surface area contributed by atoms with E-state index in [2.05, 4.69) is 5.32 Å². The first-order chi connectivity index (χ1) is 6.54. The lowest BCUT2D eigenvalue weighted by atomic mass is 10.1. The third-order valence-electron chi connectivity index (χ3n) is 2.00. The van der Waals surface area contributed by atoms with Gasteiger partial charge in [-0.15, -0.1) is 0 Å². The molecule has 0 unspecified atom stereocenters. The highest BCUT2D eigenvalue weighted by Crippen LogP contribution is 2.01. The Morgan fingerprint density at radius 1 is 1.43 bits per heavy atom. The van der Waals surface area contributed by atoms with Gasteiger partial charge in [0, 0.05) is 0 Å². The molecular weight excluding hydrogens is 180 g/mol. The van der Waals surface area contributed by atoms with E-state index in [4.69, 9.17) is 10.8 Å². The van der Waals surface area contributed by atoms with E-state index < -0.39 is 12.0 Å². The molecule has 0 aromatic carbocycles. The molecule has 84 valence electrons. The predicted octanol–water partition coefficient (Wildman–Crippen LogP) is 0.814. The number of nitrogens with one attached hydrogen (secondary N) is 1. The standard InChI is InChI=1S/C6H13NO2.C4H9N/c1-4(2)3-5(7)6(8)9;1-2-4-5-3-1/h4-5H,3,7H2,1-2H3,(H,8,9);5H,1-4H2/t5-;/m0./s1. The van der Waals surface area contributed by atoms with Crippen molar-refractivity contribution in [3.63, 3.8) is 0 Å². The molecule has 1 rings (SSSR count). The highest BCUT2D eigenvalue weighted by atomic mass is 16.4. The molecule has 0 bridgehead atoms. The van der Waals surface area contributed by atoms with E-state index in [1.165, 1.54) is 25.9 Å². The van der Waals surface area contributed by atoms with Gasteiger partial charge in [-0.2, -0.15) is 0 Å². The zero-order valence-corrected chi connectivity index (χ0v) is 9.12. The van der Waals surface area contributed by atoms with Crippen molar-refractivity contribution in [3.8, 4) is 0 Å². The van der Waals surface area contributed by atoms with Crippen LogP contribution >= 0.6 is 0 Å². The summed E-state index contributed by atoms with van der Waals surface area (Å²) >= 11 is 0. The van der Waals surface area contributed by atoms with Crippen LogP contribution in [0.3, 0.4) is 0 Å². The first kappa shape index (κ1) is 13.4. The van der Waals surface area contributed by atoms with E-state index in [-0.39, 0.29) is 0 Å². The highest BCUT2D eigenvalue weighted by Gasteiger charge is 2.11. The average molecular weight is 202 g/mol. The summed E-state index contributed by atoms with van der Waals surface area (Å²) in [5, 5.41) is 11.5. The van der Waals surface area contributed by atoms with Gasteiger partial charge in [0.2, 0.25) is 0 Å². The number of carboxylic acids is 1. The lowest BCUT2D eigenvalue weighted by molar-refractivity contribution is -0.138. The largest absolute Gasteiger partial charge is 0.480 e. The summed E-state index contributed by atoms with van der Waals surface area (Å²) in [5.41, 5.74) is 5.22. The summed E-state index contributed by atoms with van der Waals surface area (Å²) in [6, 6.07) is -0.690. The zero-order valence-electron chi connectivity index (χ0n) is 9.12. The van der Waals surface area contributed by atoms with Gasteiger partial charge in [0.15, 0.2) is 0 Å². The number of carboxylic acid groups (broad SMARTS) is 1. The molecular formula is C10H22N2O2. The van der Waals surface area contributed by atoms with Gasteiger partial charge in [-0.05, 0) is 38.3 Å². The Hall–Kier alpha value is -0.610. The van der Waals surface area contributed by atoms with Crippen molar-refractivity contribution in [1.29, 1.82) is 0 Å². The molecule has 4 N–H and O–H groups in total. The van der Waals surface area contributed by atoms with Gasteiger partial charge in [-0.25, -0.2) is 0 Å². The van der Waals surface area contributed by atoms with Gasteiger partial charge in [0.1, 0.15) is 6.04 Å². The molecule has 1 atom stereocenters. The summed E-state index contributed by atoms with van der Waals surface area (Å²) < 4.78 is 0. The molecule has 0 spiro atoms. The Kier molecular flexibility index (Phi) is 7.42. The molecule has 0 aromatic rings. The normalized spacial score (nSPS) is 17.4. The van der Waals surface area contributed by atoms with Crippen molar-refractivity contribution < 1.29 is 9.90 Å². The second-order valence-corrected chi connectivity index (χ2v) is 4.03. The predicted molar refractivity (Wildman–Crippen MR) is 57.2 cm³/mol. The third kappa shape index (κ3) is 8.01. The molecule has 1 heterocycles. The van der Waals surface area contributed by atoms with E-state index >= 15 is 0 Å². The molecule has 1 aliphatic rings. The lowest BCUT2D eigenvalue weighted by Crippen LogP contribution is -2.31. The molecule has 1 aliphatic heterocycles. The van der Waals surface area contributed by atoms with Crippen molar-refractivity contribution in [2.45, 2.75) is 39.2 Å². The fourth-order valence-corrected chi connectivity index (χ4v) is 1.23. The molecule has 14 heavy (non-hydrogen) atoms. The molecule has 0 aliphatic carbocycles. The molecule has 0 saturated carbocycles. The quantitative estimate of drug-likeness (QED) is 0.633. The van der Waals surface area contributed by atoms with Gasteiger partial charge >= 0.3 is 5.97 Å². The maximum absolute atomic E-state index is 10.1. The van der Waals surface area contributed by atoms with Crippen molar-refractivity contribution in [3.05, 3.63) is 0 Å². The number of aliphatic carboxylic acids is 1. The molecule has 4 nitrogen and oxygen atoms in total. The Labute approximate surface area is 85.9 Å². The van der Waals surface area contributed by atoms with Crippen LogP contribution in [-0.4, -0.2) is 30.2 Å². The molecule has 0 aromatic heterocycles. The van der Waals surface area contributed by atoms with Crippen LogP contribution < -0.4 is 11.1 Å². The van der Waals surface area contributed by atoms with Crippen LogP contribution in [0.4, 0.5) is 0 Å². The van der Waals surface area contributed by atoms with Crippen LogP contribution in [0.1, 0.15) is 33.1 Å². The summed E-state index contributed by atoms with van der Waals surface area (Å²) in [6.07, 6.45) is 3.33. The second-order valence-electron chi connectivity index (χ2n) is 4.03. The maximum Gasteiger partial charge on any atom is 0.320 e. The molecule has 1 fully saturated rings. The van der Waals surface area contributed by atoms with E-state index in [0.717, 1.165) is 0 Å². The van der Waals surface area contributed by atoms with Gasteiger partial charge in [-0.3, -0.25) is 4.79 Å². The first-order valence-corrected chi connectivity index (χ1v) is 5.23. The minimum Gasteiger partial charge on any atom is -0.480 e. The fraction of sp³-hybridized carbons (Fsp3) is 0.900. The zero-order chi connectivity index (χ0) is 11.0. The lowest BCUT2D eigenvalue weighted by Gasteiger charge is -2.07. The number of hydrogen-bond acceptors (Lipinski definition) is 3. The van der Waals surface area contributed by atoms with Crippen molar-refractivity contribution in [2.75, 3.05) is 13.1 Å².